The summed E-state index contributed by atoms with van der Waals surface area (Å²) in [6.45, 7) is 0.999. The summed E-state index contributed by atoms with van der Waals surface area (Å²) in [4.78, 5) is 17.8. The van der Waals surface area contributed by atoms with Crippen molar-refractivity contribution in [2.45, 2.75) is 6.10 Å². The highest BCUT2D eigenvalue weighted by Gasteiger charge is 2.31. The first kappa shape index (κ1) is 14.8. The lowest BCUT2D eigenvalue weighted by Gasteiger charge is -2.38. The molecule has 0 unspecified atom stereocenters. The normalized spacial score (nSPS) is 14.3. The molecule has 0 spiro atoms. The number of nitrogens with zero attached hydrogens (tertiary/aromatic N) is 3. The maximum atomic E-state index is 12.0. The Morgan fingerprint density at radius 1 is 1.26 bits per heavy atom. The standard InChI is InChI=1S/C18H15N3O2/c19-11-15-7-4-10-20-18(15)23-16-12-21(13-16)17(22)9-8-14-5-2-1-3-6-14/h1-10,16H,12-13H2/b9-8+. The van der Waals surface area contributed by atoms with E-state index in [0.29, 0.717) is 24.5 Å². The molecule has 0 radical (unpaired) electrons. The summed E-state index contributed by atoms with van der Waals surface area (Å²) in [6.07, 6.45) is 4.82. The number of rotatable bonds is 4. The second kappa shape index (κ2) is 6.75. The number of ether oxygens (including phenoxy) is 1. The quantitative estimate of drug-likeness (QED) is 0.813. The molecule has 5 nitrogen and oxygen atoms in total. The molecule has 1 aliphatic heterocycles. The van der Waals surface area contributed by atoms with Crippen LogP contribution in [0.25, 0.3) is 6.08 Å². The zero-order chi connectivity index (χ0) is 16.1. The van der Waals surface area contributed by atoms with Gasteiger partial charge in [0.15, 0.2) is 0 Å². The lowest BCUT2D eigenvalue weighted by molar-refractivity contribution is -0.134. The van der Waals surface area contributed by atoms with Gasteiger partial charge in [-0.15, -0.1) is 0 Å². The molecule has 23 heavy (non-hydrogen) atoms. The van der Waals surface area contributed by atoms with Crippen molar-refractivity contribution < 1.29 is 9.53 Å². The van der Waals surface area contributed by atoms with E-state index in [4.69, 9.17) is 10.00 Å². The molecule has 0 bridgehead atoms. The van der Waals surface area contributed by atoms with E-state index in [-0.39, 0.29) is 12.0 Å². The third kappa shape index (κ3) is 3.55. The number of benzene rings is 1. The number of amides is 1. The Morgan fingerprint density at radius 2 is 2.04 bits per heavy atom. The molecule has 1 fully saturated rings. The Bertz CT molecular complexity index is 759. The fourth-order valence-electron chi connectivity index (χ4n) is 2.26. The van der Waals surface area contributed by atoms with Crippen LogP contribution in [0.1, 0.15) is 11.1 Å². The number of hydrogen-bond acceptors (Lipinski definition) is 4. The zero-order valence-corrected chi connectivity index (χ0v) is 12.4. The van der Waals surface area contributed by atoms with Crippen LogP contribution in [0.4, 0.5) is 0 Å². The van der Waals surface area contributed by atoms with Gasteiger partial charge in [-0.3, -0.25) is 4.79 Å². The first-order chi connectivity index (χ1) is 11.3. The van der Waals surface area contributed by atoms with Crippen LogP contribution in [-0.4, -0.2) is 35.0 Å². The lowest BCUT2D eigenvalue weighted by Crippen LogP contribution is -2.55. The molecule has 1 amide bonds. The highest BCUT2D eigenvalue weighted by Crippen LogP contribution is 2.19. The summed E-state index contributed by atoms with van der Waals surface area (Å²) in [5, 5.41) is 9.00. The minimum absolute atomic E-state index is 0.0461. The summed E-state index contributed by atoms with van der Waals surface area (Å²) in [7, 11) is 0. The van der Waals surface area contributed by atoms with E-state index >= 15 is 0 Å². The molecule has 1 aliphatic rings. The highest BCUT2D eigenvalue weighted by atomic mass is 16.5. The molecule has 0 aliphatic carbocycles. The average Bonchev–Trinajstić information content (AvgIpc) is 2.57. The van der Waals surface area contributed by atoms with E-state index in [2.05, 4.69) is 4.98 Å². The fourth-order valence-corrected chi connectivity index (χ4v) is 2.26. The molecule has 0 saturated carbocycles. The van der Waals surface area contributed by atoms with Gasteiger partial charge in [-0.2, -0.15) is 5.26 Å². The average molecular weight is 305 g/mol. The molecule has 114 valence electrons. The summed E-state index contributed by atoms with van der Waals surface area (Å²) >= 11 is 0. The van der Waals surface area contributed by atoms with Crippen molar-refractivity contribution >= 4 is 12.0 Å². The summed E-state index contributed by atoms with van der Waals surface area (Å²) in [6, 6.07) is 15.1. The molecule has 3 rings (SSSR count). The fraction of sp³-hybridized carbons (Fsp3) is 0.167. The van der Waals surface area contributed by atoms with E-state index < -0.39 is 0 Å². The molecule has 2 aromatic rings. The van der Waals surface area contributed by atoms with Gasteiger partial charge < -0.3 is 9.64 Å². The van der Waals surface area contributed by atoms with Crippen LogP contribution < -0.4 is 4.74 Å². The molecular formula is C18H15N3O2. The van der Waals surface area contributed by atoms with E-state index in [1.54, 1.807) is 35.4 Å². The van der Waals surface area contributed by atoms with Gasteiger partial charge in [-0.1, -0.05) is 30.3 Å². The molecule has 5 heteroatoms. The number of carbonyl (C=O) groups excluding carboxylic acids is 1. The Kier molecular flexibility index (Phi) is 4.34. The van der Waals surface area contributed by atoms with Crippen LogP contribution in [0.5, 0.6) is 5.88 Å². The van der Waals surface area contributed by atoms with Crippen LogP contribution >= 0.6 is 0 Å². The summed E-state index contributed by atoms with van der Waals surface area (Å²) < 4.78 is 5.66. The van der Waals surface area contributed by atoms with Gasteiger partial charge in [0.25, 0.3) is 0 Å². The third-order valence-electron chi connectivity index (χ3n) is 3.55. The Balaban J connectivity index is 1.52. The Hall–Kier alpha value is -3.13. The molecule has 1 aromatic heterocycles. The van der Waals surface area contributed by atoms with Gasteiger partial charge in [-0.25, -0.2) is 4.98 Å². The first-order valence-electron chi connectivity index (χ1n) is 7.30. The van der Waals surface area contributed by atoms with Gasteiger partial charge in [0, 0.05) is 12.3 Å². The summed E-state index contributed by atoms with van der Waals surface area (Å²) in [5.74, 6) is 0.280. The van der Waals surface area contributed by atoms with Crippen molar-refractivity contribution in [2.75, 3.05) is 13.1 Å². The van der Waals surface area contributed by atoms with Gasteiger partial charge in [0.1, 0.15) is 17.7 Å². The van der Waals surface area contributed by atoms with Gasteiger partial charge in [-0.05, 0) is 23.8 Å². The molecule has 1 aromatic carbocycles. The van der Waals surface area contributed by atoms with Crippen LogP contribution in [0.15, 0.2) is 54.7 Å². The number of likely N-dealkylation sites (tertiary alicyclic amines) is 1. The summed E-state index contributed by atoms with van der Waals surface area (Å²) in [5.41, 5.74) is 1.39. The number of hydrogen-bond donors (Lipinski definition) is 0. The van der Waals surface area contributed by atoms with Crippen molar-refractivity contribution in [2.24, 2.45) is 0 Å². The Labute approximate surface area is 134 Å². The van der Waals surface area contributed by atoms with E-state index in [9.17, 15) is 4.79 Å². The van der Waals surface area contributed by atoms with E-state index in [1.165, 1.54) is 0 Å². The minimum Gasteiger partial charge on any atom is -0.470 e. The second-order valence-electron chi connectivity index (χ2n) is 5.20. The number of carbonyl (C=O) groups is 1. The van der Waals surface area contributed by atoms with Crippen molar-refractivity contribution in [3.8, 4) is 11.9 Å². The largest absolute Gasteiger partial charge is 0.470 e. The number of aromatic nitrogens is 1. The predicted molar refractivity (Wildman–Crippen MR) is 85.4 cm³/mol. The van der Waals surface area contributed by atoms with Crippen molar-refractivity contribution in [3.05, 3.63) is 65.9 Å². The van der Waals surface area contributed by atoms with Crippen LogP contribution in [-0.2, 0) is 4.79 Å². The molecular weight excluding hydrogens is 290 g/mol. The monoisotopic (exact) mass is 305 g/mol. The third-order valence-corrected chi connectivity index (χ3v) is 3.55. The molecule has 0 N–H and O–H groups in total. The number of pyridine rings is 1. The molecule has 0 atom stereocenters. The van der Waals surface area contributed by atoms with E-state index in [0.717, 1.165) is 5.56 Å². The van der Waals surface area contributed by atoms with Crippen LogP contribution in [0, 0.1) is 11.3 Å². The smallest absolute Gasteiger partial charge is 0.246 e. The first-order valence-corrected chi connectivity index (χ1v) is 7.30. The van der Waals surface area contributed by atoms with Gasteiger partial charge in [0.05, 0.1) is 13.1 Å². The van der Waals surface area contributed by atoms with Crippen molar-refractivity contribution in [1.29, 1.82) is 5.26 Å². The Morgan fingerprint density at radius 3 is 2.78 bits per heavy atom. The van der Waals surface area contributed by atoms with Crippen LogP contribution in [0.2, 0.25) is 0 Å². The highest BCUT2D eigenvalue weighted by molar-refractivity contribution is 5.92. The zero-order valence-electron chi connectivity index (χ0n) is 12.4. The van der Waals surface area contributed by atoms with Crippen molar-refractivity contribution in [1.82, 2.24) is 9.88 Å². The minimum atomic E-state index is -0.119. The SMILES string of the molecule is N#Cc1cccnc1OC1CN(C(=O)/C=C/c2ccccc2)C1. The topological polar surface area (TPSA) is 66.2 Å². The van der Waals surface area contributed by atoms with Crippen LogP contribution in [0.3, 0.4) is 0 Å². The van der Waals surface area contributed by atoms with Crippen molar-refractivity contribution in [3.63, 3.8) is 0 Å². The lowest BCUT2D eigenvalue weighted by atomic mass is 10.1. The predicted octanol–water partition coefficient (Wildman–Crippen LogP) is 2.26. The second-order valence-corrected chi connectivity index (χ2v) is 5.20. The molecule has 2 heterocycles. The number of nitriles is 1. The van der Waals surface area contributed by atoms with Gasteiger partial charge in [0.2, 0.25) is 11.8 Å². The van der Waals surface area contributed by atoms with E-state index in [1.807, 2.05) is 36.4 Å². The maximum Gasteiger partial charge on any atom is 0.246 e. The molecule has 1 saturated heterocycles. The maximum absolute atomic E-state index is 12.0. The van der Waals surface area contributed by atoms with Gasteiger partial charge >= 0.3 is 0 Å².